The fraction of sp³-hybridized carbons (Fsp3) is 0.562. The Balaban J connectivity index is 1.81. The van der Waals surface area contributed by atoms with Crippen LogP contribution >= 0.6 is 0 Å². The van der Waals surface area contributed by atoms with Crippen LogP contribution in [0.5, 0.6) is 0 Å². The molecule has 0 bridgehead atoms. The number of benzene rings is 1. The SMILES string of the molecule is CC(NC(=O)CCC1CCCCN1)c1ccc(F)cc1F. The maximum Gasteiger partial charge on any atom is 0.220 e. The zero-order chi connectivity index (χ0) is 15.2. The van der Waals surface area contributed by atoms with Crippen molar-refractivity contribution in [3.63, 3.8) is 0 Å². The lowest BCUT2D eigenvalue weighted by atomic mass is 10.00. The van der Waals surface area contributed by atoms with Gasteiger partial charge in [-0.05, 0) is 38.8 Å². The van der Waals surface area contributed by atoms with Crippen molar-refractivity contribution in [3.8, 4) is 0 Å². The van der Waals surface area contributed by atoms with Crippen LogP contribution in [0.15, 0.2) is 18.2 Å². The number of halogens is 2. The molecule has 0 spiro atoms. The number of hydrogen-bond donors (Lipinski definition) is 2. The van der Waals surface area contributed by atoms with Crippen LogP contribution in [0.3, 0.4) is 0 Å². The molecule has 1 aromatic carbocycles. The Morgan fingerprint density at radius 1 is 1.43 bits per heavy atom. The minimum absolute atomic E-state index is 0.0985. The Morgan fingerprint density at radius 2 is 2.24 bits per heavy atom. The van der Waals surface area contributed by atoms with Crippen LogP contribution in [0.1, 0.15) is 50.6 Å². The van der Waals surface area contributed by atoms with E-state index in [2.05, 4.69) is 10.6 Å². The highest BCUT2D eigenvalue weighted by atomic mass is 19.1. The monoisotopic (exact) mass is 296 g/mol. The highest BCUT2D eigenvalue weighted by Crippen LogP contribution is 2.18. The van der Waals surface area contributed by atoms with Gasteiger partial charge in [0.1, 0.15) is 11.6 Å². The van der Waals surface area contributed by atoms with Crippen LogP contribution in [0, 0.1) is 11.6 Å². The van der Waals surface area contributed by atoms with Gasteiger partial charge in [0.2, 0.25) is 5.91 Å². The fourth-order valence-electron chi connectivity index (χ4n) is 2.72. The van der Waals surface area contributed by atoms with Crippen LogP contribution in [-0.4, -0.2) is 18.5 Å². The summed E-state index contributed by atoms with van der Waals surface area (Å²) in [6.07, 6.45) is 4.73. The van der Waals surface area contributed by atoms with Crippen molar-refractivity contribution in [2.75, 3.05) is 6.54 Å². The molecule has 0 saturated carbocycles. The third-order valence-corrected chi connectivity index (χ3v) is 3.94. The van der Waals surface area contributed by atoms with E-state index in [1.54, 1.807) is 6.92 Å². The number of carbonyl (C=O) groups is 1. The molecule has 0 radical (unpaired) electrons. The summed E-state index contributed by atoms with van der Waals surface area (Å²) in [6.45, 7) is 2.72. The van der Waals surface area contributed by atoms with E-state index < -0.39 is 17.7 Å². The Hall–Kier alpha value is -1.49. The molecule has 0 aliphatic carbocycles. The number of rotatable bonds is 5. The summed E-state index contributed by atoms with van der Waals surface area (Å²) in [4.78, 5) is 11.9. The quantitative estimate of drug-likeness (QED) is 0.877. The second kappa shape index (κ2) is 7.50. The van der Waals surface area contributed by atoms with Gasteiger partial charge in [-0.2, -0.15) is 0 Å². The largest absolute Gasteiger partial charge is 0.349 e. The van der Waals surface area contributed by atoms with Gasteiger partial charge in [-0.1, -0.05) is 12.5 Å². The Labute approximate surface area is 124 Å². The third kappa shape index (κ3) is 4.77. The van der Waals surface area contributed by atoms with Gasteiger partial charge >= 0.3 is 0 Å². The molecule has 2 unspecified atom stereocenters. The van der Waals surface area contributed by atoms with Crippen molar-refractivity contribution in [3.05, 3.63) is 35.4 Å². The zero-order valence-electron chi connectivity index (χ0n) is 12.3. The Kier molecular flexibility index (Phi) is 5.67. The second-order valence-electron chi connectivity index (χ2n) is 5.64. The molecule has 2 atom stereocenters. The summed E-state index contributed by atoms with van der Waals surface area (Å²) in [6, 6.07) is 3.36. The van der Waals surface area contributed by atoms with Crippen LogP contribution in [0.4, 0.5) is 8.78 Å². The normalized spacial score (nSPS) is 20.0. The van der Waals surface area contributed by atoms with Crippen molar-refractivity contribution < 1.29 is 13.6 Å². The fourth-order valence-corrected chi connectivity index (χ4v) is 2.72. The molecule has 1 saturated heterocycles. The third-order valence-electron chi connectivity index (χ3n) is 3.94. The smallest absolute Gasteiger partial charge is 0.220 e. The number of carbonyl (C=O) groups excluding carboxylic acids is 1. The van der Waals surface area contributed by atoms with Gasteiger partial charge < -0.3 is 10.6 Å². The van der Waals surface area contributed by atoms with E-state index in [1.807, 2.05) is 0 Å². The minimum atomic E-state index is -0.628. The topological polar surface area (TPSA) is 41.1 Å². The number of nitrogens with one attached hydrogen (secondary N) is 2. The molecule has 116 valence electrons. The van der Waals surface area contributed by atoms with E-state index in [4.69, 9.17) is 0 Å². The average molecular weight is 296 g/mol. The Bertz CT molecular complexity index is 487. The maximum atomic E-state index is 13.6. The molecule has 1 amide bonds. The van der Waals surface area contributed by atoms with Crippen molar-refractivity contribution >= 4 is 5.91 Å². The number of amides is 1. The van der Waals surface area contributed by atoms with E-state index in [0.717, 1.165) is 25.5 Å². The summed E-state index contributed by atoms with van der Waals surface area (Å²) in [7, 11) is 0. The summed E-state index contributed by atoms with van der Waals surface area (Å²) in [5.74, 6) is -1.34. The molecule has 21 heavy (non-hydrogen) atoms. The molecular formula is C16H22F2N2O. The average Bonchev–Trinajstić information content (AvgIpc) is 2.46. The number of piperidine rings is 1. The maximum absolute atomic E-state index is 13.6. The highest BCUT2D eigenvalue weighted by Gasteiger charge is 2.17. The van der Waals surface area contributed by atoms with Gasteiger partial charge in [0.25, 0.3) is 0 Å². The second-order valence-corrected chi connectivity index (χ2v) is 5.64. The van der Waals surface area contributed by atoms with Gasteiger partial charge in [0.15, 0.2) is 0 Å². The standard InChI is InChI=1S/C16H22F2N2O/c1-11(14-7-5-12(17)10-15(14)18)20-16(21)8-6-13-4-2-3-9-19-13/h5,7,10-11,13,19H,2-4,6,8-9H2,1H3,(H,20,21). The van der Waals surface area contributed by atoms with Gasteiger partial charge in [0, 0.05) is 24.1 Å². The molecule has 3 nitrogen and oxygen atoms in total. The molecule has 5 heteroatoms. The van der Waals surface area contributed by atoms with Crippen LogP contribution in [0.2, 0.25) is 0 Å². The van der Waals surface area contributed by atoms with Crippen LogP contribution in [0.25, 0.3) is 0 Å². The molecule has 1 aromatic rings. The van der Waals surface area contributed by atoms with Crippen LogP contribution < -0.4 is 10.6 Å². The van der Waals surface area contributed by atoms with Crippen molar-refractivity contribution in [1.29, 1.82) is 0 Å². The summed E-state index contributed by atoms with van der Waals surface area (Å²) in [5, 5.41) is 6.16. The molecule has 1 aliphatic heterocycles. The van der Waals surface area contributed by atoms with Gasteiger partial charge in [-0.3, -0.25) is 4.79 Å². The van der Waals surface area contributed by atoms with Crippen LogP contribution in [-0.2, 0) is 4.79 Å². The summed E-state index contributed by atoms with van der Waals surface area (Å²) >= 11 is 0. The first-order valence-corrected chi connectivity index (χ1v) is 7.54. The molecule has 1 fully saturated rings. The lowest BCUT2D eigenvalue weighted by molar-refractivity contribution is -0.122. The van der Waals surface area contributed by atoms with Gasteiger partial charge in [-0.25, -0.2) is 8.78 Å². The number of hydrogen-bond acceptors (Lipinski definition) is 2. The predicted octanol–water partition coefficient (Wildman–Crippen LogP) is 3.06. The van der Waals surface area contributed by atoms with Gasteiger partial charge in [0.05, 0.1) is 6.04 Å². The van der Waals surface area contributed by atoms with E-state index >= 15 is 0 Å². The molecule has 1 aliphatic rings. The van der Waals surface area contributed by atoms with E-state index in [9.17, 15) is 13.6 Å². The molecule has 1 heterocycles. The summed E-state index contributed by atoms with van der Waals surface area (Å²) in [5.41, 5.74) is 0.306. The first-order valence-electron chi connectivity index (χ1n) is 7.54. The highest BCUT2D eigenvalue weighted by molar-refractivity contribution is 5.76. The first kappa shape index (κ1) is 15.9. The molecule has 2 rings (SSSR count). The van der Waals surface area contributed by atoms with Gasteiger partial charge in [-0.15, -0.1) is 0 Å². The lowest BCUT2D eigenvalue weighted by Gasteiger charge is -2.23. The minimum Gasteiger partial charge on any atom is -0.349 e. The molecular weight excluding hydrogens is 274 g/mol. The van der Waals surface area contributed by atoms with Crippen molar-refractivity contribution in [1.82, 2.24) is 10.6 Å². The first-order chi connectivity index (χ1) is 10.1. The van der Waals surface area contributed by atoms with Crippen molar-refractivity contribution in [2.45, 2.75) is 51.1 Å². The predicted molar refractivity (Wildman–Crippen MR) is 77.8 cm³/mol. The lowest BCUT2D eigenvalue weighted by Crippen LogP contribution is -2.35. The van der Waals surface area contributed by atoms with E-state index in [0.29, 0.717) is 18.0 Å². The molecule has 0 aromatic heterocycles. The zero-order valence-corrected chi connectivity index (χ0v) is 12.3. The van der Waals surface area contributed by atoms with E-state index in [-0.39, 0.29) is 5.91 Å². The summed E-state index contributed by atoms with van der Waals surface area (Å²) < 4.78 is 26.5. The van der Waals surface area contributed by atoms with E-state index in [1.165, 1.54) is 25.0 Å². The van der Waals surface area contributed by atoms with Crippen molar-refractivity contribution in [2.24, 2.45) is 0 Å². The molecule has 2 N–H and O–H groups in total. The Morgan fingerprint density at radius 3 is 2.90 bits per heavy atom.